The molecule has 0 aromatic heterocycles. The van der Waals surface area contributed by atoms with Crippen LogP contribution in [0.1, 0.15) is 45.1 Å². The third-order valence-electron chi connectivity index (χ3n) is 3.43. The molecule has 110 valence electrons. The molecule has 0 fully saturated rings. The molecular formula is C16H23NO3. The Balaban J connectivity index is 2.49. The molecule has 0 radical (unpaired) electrons. The van der Waals surface area contributed by atoms with Crippen LogP contribution in [0, 0.1) is 5.92 Å². The summed E-state index contributed by atoms with van der Waals surface area (Å²) in [5.41, 5.74) is 1.88. The Morgan fingerprint density at radius 3 is 2.25 bits per heavy atom. The summed E-state index contributed by atoms with van der Waals surface area (Å²) in [6.45, 7) is 4.03. The van der Waals surface area contributed by atoms with Gasteiger partial charge >= 0.3 is 5.97 Å². The quantitative estimate of drug-likeness (QED) is 0.764. The van der Waals surface area contributed by atoms with E-state index in [1.165, 1.54) is 0 Å². The fourth-order valence-corrected chi connectivity index (χ4v) is 2.10. The summed E-state index contributed by atoms with van der Waals surface area (Å²) in [6.07, 6.45) is 3.25. The van der Waals surface area contributed by atoms with Gasteiger partial charge < -0.3 is 10.4 Å². The van der Waals surface area contributed by atoms with E-state index >= 15 is 0 Å². The summed E-state index contributed by atoms with van der Waals surface area (Å²) >= 11 is 0. The molecule has 0 aliphatic heterocycles. The van der Waals surface area contributed by atoms with Gasteiger partial charge in [0.1, 0.15) is 0 Å². The van der Waals surface area contributed by atoms with E-state index in [1.807, 2.05) is 38.1 Å². The summed E-state index contributed by atoms with van der Waals surface area (Å²) in [5.74, 6) is -0.641. The van der Waals surface area contributed by atoms with Crippen LogP contribution in [-0.4, -0.2) is 17.0 Å². The summed E-state index contributed by atoms with van der Waals surface area (Å²) in [4.78, 5) is 22.4. The highest BCUT2D eigenvalue weighted by Crippen LogP contribution is 2.15. The molecule has 4 heteroatoms. The van der Waals surface area contributed by atoms with Gasteiger partial charge in [-0.1, -0.05) is 26.0 Å². The fourth-order valence-electron chi connectivity index (χ4n) is 2.10. The van der Waals surface area contributed by atoms with E-state index in [1.54, 1.807) is 0 Å². The first-order valence-electron chi connectivity index (χ1n) is 7.18. The van der Waals surface area contributed by atoms with Crippen LogP contribution in [0.3, 0.4) is 0 Å². The smallest absolute Gasteiger partial charge is 0.303 e. The van der Waals surface area contributed by atoms with Gasteiger partial charge in [0.2, 0.25) is 5.91 Å². The maximum absolute atomic E-state index is 11.9. The number of benzene rings is 1. The molecule has 1 aromatic rings. The minimum absolute atomic E-state index is 0.0604. The molecule has 20 heavy (non-hydrogen) atoms. The number of hydrogen-bond donors (Lipinski definition) is 2. The maximum Gasteiger partial charge on any atom is 0.303 e. The van der Waals surface area contributed by atoms with Crippen LogP contribution in [0.25, 0.3) is 0 Å². The number of carboxylic acid groups (broad SMARTS) is 1. The number of aryl methyl sites for hydroxylation is 1. The van der Waals surface area contributed by atoms with Gasteiger partial charge in [-0.2, -0.15) is 0 Å². The first-order valence-corrected chi connectivity index (χ1v) is 7.18. The molecule has 0 spiro atoms. The Morgan fingerprint density at radius 2 is 1.75 bits per heavy atom. The lowest BCUT2D eigenvalue weighted by molar-refractivity contribution is -0.137. The third kappa shape index (κ3) is 5.43. The van der Waals surface area contributed by atoms with Gasteiger partial charge in [0.25, 0.3) is 0 Å². The normalized spacial score (nSPS) is 10.6. The van der Waals surface area contributed by atoms with Gasteiger partial charge in [0.05, 0.1) is 0 Å². The zero-order chi connectivity index (χ0) is 15.0. The largest absolute Gasteiger partial charge is 0.481 e. The summed E-state index contributed by atoms with van der Waals surface area (Å²) < 4.78 is 0. The number of amides is 1. The Bertz CT molecular complexity index is 436. The van der Waals surface area contributed by atoms with Crippen LogP contribution in [0.15, 0.2) is 24.3 Å². The predicted molar refractivity (Wildman–Crippen MR) is 79.7 cm³/mol. The van der Waals surface area contributed by atoms with Crippen LogP contribution in [0.2, 0.25) is 0 Å². The topological polar surface area (TPSA) is 66.4 Å². The van der Waals surface area contributed by atoms with Crippen molar-refractivity contribution in [3.63, 3.8) is 0 Å². The third-order valence-corrected chi connectivity index (χ3v) is 3.43. The Hall–Kier alpha value is -1.84. The number of carboxylic acids is 1. The summed E-state index contributed by atoms with van der Waals surface area (Å²) in [6, 6.07) is 7.61. The zero-order valence-corrected chi connectivity index (χ0v) is 12.2. The van der Waals surface area contributed by atoms with Gasteiger partial charge in [-0.15, -0.1) is 0 Å². The lowest BCUT2D eigenvalue weighted by Gasteiger charge is -2.13. The first-order chi connectivity index (χ1) is 9.56. The number of hydrogen-bond acceptors (Lipinski definition) is 2. The monoisotopic (exact) mass is 277 g/mol. The molecule has 0 heterocycles. The number of carbonyl (C=O) groups excluding carboxylic acids is 1. The Morgan fingerprint density at radius 1 is 1.15 bits per heavy atom. The SMILES string of the molecule is CCC(CC)C(=O)Nc1ccc(CCCC(=O)O)cc1. The second-order valence-corrected chi connectivity index (χ2v) is 4.95. The number of carbonyl (C=O) groups is 2. The van der Waals surface area contributed by atoms with Crippen molar-refractivity contribution in [2.45, 2.75) is 46.0 Å². The zero-order valence-electron chi connectivity index (χ0n) is 12.2. The molecule has 0 saturated carbocycles. The molecule has 0 unspecified atom stereocenters. The van der Waals surface area contributed by atoms with E-state index in [9.17, 15) is 9.59 Å². The number of rotatable bonds is 8. The lowest BCUT2D eigenvalue weighted by Crippen LogP contribution is -2.21. The maximum atomic E-state index is 11.9. The van der Waals surface area contributed by atoms with Gasteiger partial charge in [-0.25, -0.2) is 0 Å². The number of nitrogens with one attached hydrogen (secondary N) is 1. The number of aliphatic carboxylic acids is 1. The van der Waals surface area contributed by atoms with Crippen molar-refractivity contribution in [3.8, 4) is 0 Å². The average molecular weight is 277 g/mol. The Labute approximate surface area is 120 Å². The molecule has 1 rings (SSSR count). The highest BCUT2D eigenvalue weighted by atomic mass is 16.4. The molecule has 0 bridgehead atoms. The summed E-state index contributed by atoms with van der Waals surface area (Å²) in [7, 11) is 0. The van der Waals surface area contributed by atoms with Gasteiger partial charge in [0, 0.05) is 18.0 Å². The minimum Gasteiger partial charge on any atom is -0.481 e. The fraction of sp³-hybridized carbons (Fsp3) is 0.500. The Kier molecular flexibility index (Phi) is 6.77. The standard InChI is InChI=1S/C16H23NO3/c1-3-13(4-2)16(20)17-14-10-8-12(9-11-14)6-5-7-15(18)19/h8-11,13H,3-7H2,1-2H3,(H,17,20)(H,18,19). The van der Waals surface area contributed by atoms with E-state index in [0.29, 0.717) is 6.42 Å². The highest BCUT2D eigenvalue weighted by molar-refractivity contribution is 5.92. The molecule has 4 nitrogen and oxygen atoms in total. The van der Waals surface area contributed by atoms with Crippen LogP contribution in [0.4, 0.5) is 5.69 Å². The molecule has 0 saturated heterocycles. The molecule has 0 atom stereocenters. The summed E-state index contributed by atoms with van der Waals surface area (Å²) in [5, 5.41) is 11.5. The predicted octanol–water partition coefficient (Wildman–Crippen LogP) is 3.47. The van der Waals surface area contributed by atoms with Crippen molar-refractivity contribution in [1.29, 1.82) is 0 Å². The second kappa shape index (κ2) is 8.35. The van der Waals surface area contributed by atoms with Crippen molar-refractivity contribution >= 4 is 17.6 Å². The molecule has 0 aliphatic rings. The average Bonchev–Trinajstić information content (AvgIpc) is 2.42. The molecule has 1 amide bonds. The van der Waals surface area contributed by atoms with Crippen LogP contribution in [-0.2, 0) is 16.0 Å². The van der Waals surface area contributed by atoms with Gasteiger partial charge in [0.15, 0.2) is 0 Å². The van der Waals surface area contributed by atoms with Crippen LogP contribution >= 0.6 is 0 Å². The van der Waals surface area contributed by atoms with E-state index in [2.05, 4.69) is 5.32 Å². The van der Waals surface area contributed by atoms with Crippen molar-refractivity contribution in [1.82, 2.24) is 0 Å². The van der Waals surface area contributed by atoms with Crippen LogP contribution < -0.4 is 5.32 Å². The van der Waals surface area contributed by atoms with Crippen molar-refractivity contribution < 1.29 is 14.7 Å². The van der Waals surface area contributed by atoms with Gasteiger partial charge in [-0.3, -0.25) is 9.59 Å². The second-order valence-electron chi connectivity index (χ2n) is 4.95. The van der Waals surface area contributed by atoms with E-state index in [-0.39, 0.29) is 18.2 Å². The molecule has 2 N–H and O–H groups in total. The van der Waals surface area contributed by atoms with E-state index < -0.39 is 5.97 Å². The van der Waals surface area contributed by atoms with E-state index in [4.69, 9.17) is 5.11 Å². The van der Waals surface area contributed by atoms with Crippen molar-refractivity contribution in [2.75, 3.05) is 5.32 Å². The minimum atomic E-state index is -0.765. The highest BCUT2D eigenvalue weighted by Gasteiger charge is 2.13. The van der Waals surface area contributed by atoms with Gasteiger partial charge in [-0.05, 0) is 43.4 Å². The number of anilines is 1. The molecule has 0 aliphatic carbocycles. The van der Waals surface area contributed by atoms with Crippen molar-refractivity contribution in [3.05, 3.63) is 29.8 Å². The van der Waals surface area contributed by atoms with Crippen molar-refractivity contribution in [2.24, 2.45) is 5.92 Å². The van der Waals surface area contributed by atoms with Crippen LogP contribution in [0.5, 0.6) is 0 Å². The lowest BCUT2D eigenvalue weighted by atomic mass is 10.0. The first kappa shape index (κ1) is 16.2. The van der Waals surface area contributed by atoms with E-state index in [0.717, 1.165) is 30.5 Å². The molecular weight excluding hydrogens is 254 g/mol. The molecule has 1 aromatic carbocycles.